The molecule has 1 saturated heterocycles. The smallest absolute Gasteiger partial charge is 0.184 e. The van der Waals surface area contributed by atoms with Crippen molar-refractivity contribution < 1.29 is 19.3 Å². The molecule has 1 N–H and O–H groups in total. The maximum absolute atomic E-state index is 10.5. The Morgan fingerprint density at radius 1 is 1.00 bits per heavy atom. The zero-order chi connectivity index (χ0) is 19.3. The lowest BCUT2D eigenvalue weighted by Crippen LogP contribution is -2.30. The van der Waals surface area contributed by atoms with Gasteiger partial charge in [0.05, 0.1) is 31.5 Å². The molecule has 146 valence electrons. The molecule has 4 atom stereocenters. The lowest BCUT2D eigenvalue weighted by Gasteiger charge is -2.22. The van der Waals surface area contributed by atoms with Crippen LogP contribution in [-0.2, 0) is 20.8 Å². The van der Waals surface area contributed by atoms with Gasteiger partial charge in [-0.2, -0.15) is 0 Å². The van der Waals surface area contributed by atoms with Gasteiger partial charge in [0.15, 0.2) is 6.29 Å². The van der Waals surface area contributed by atoms with Crippen LogP contribution < -0.4 is 0 Å². The van der Waals surface area contributed by atoms with Crippen LogP contribution in [0.4, 0.5) is 0 Å². The normalized spacial score (nSPS) is 21.6. The van der Waals surface area contributed by atoms with Gasteiger partial charge in [0.25, 0.3) is 0 Å². The number of fused-ring (bicyclic) bond motifs is 1. The van der Waals surface area contributed by atoms with Crippen LogP contribution in [0.3, 0.4) is 0 Å². The van der Waals surface area contributed by atoms with Crippen molar-refractivity contribution in [2.75, 3.05) is 6.61 Å². The number of hydrogen-bond acceptors (Lipinski definition) is 4. The lowest BCUT2D eigenvalue weighted by molar-refractivity contribution is -0.0825. The molecule has 0 amide bonds. The monoisotopic (exact) mass is 378 g/mol. The Bertz CT molecular complexity index is 895. The number of aliphatic hydroxyl groups is 1. The summed E-state index contributed by atoms with van der Waals surface area (Å²) in [5, 5.41) is 12.9. The third kappa shape index (κ3) is 4.59. The molecule has 28 heavy (non-hydrogen) atoms. The average molecular weight is 378 g/mol. The van der Waals surface area contributed by atoms with Crippen molar-refractivity contribution in [1.82, 2.24) is 0 Å². The molecule has 1 aliphatic heterocycles. The molecule has 0 spiro atoms. The number of ether oxygens (including phenoxy) is 3. The van der Waals surface area contributed by atoms with E-state index in [0.29, 0.717) is 19.6 Å². The standard InChI is InChI=1S/C24H26O4/c1-17(26-15-18-11-12-19-7-5-6-10-21(19)13-18)23(25)14-22-16-27-24(28-22)20-8-3-2-4-9-20/h2-13,17,22-25H,14-16H2,1H3/t17-,22+,23-,24?/m0/s1. The van der Waals surface area contributed by atoms with Crippen molar-refractivity contribution in [3.05, 3.63) is 83.9 Å². The predicted octanol–water partition coefficient (Wildman–Crippen LogP) is 4.61. The Hall–Kier alpha value is -2.24. The van der Waals surface area contributed by atoms with Crippen LogP contribution in [-0.4, -0.2) is 30.0 Å². The van der Waals surface area contributed by atoms with E-state index < -0.39 is 6.10 Å². The fourth-order valence-electron chi connectivity index (χ4n) is 3.48. The molecule has 1 fully saturated rings. The first-order valence-electron chi connectivity index (χ1n) is 9.78. The lowest BCUT2D eigenvalue weighted by atomic mass is 10.1. The van der Waals surface area contributed by atoms with Crippen LogP contribution in [0.15, 0.2) is 72.8 Å². The molecule has 0 saturated carbocycles. The predicted molar refractivity (Wildman–Crippen MR) is 109 cm³/mol. The van der Waals surface area contributed by atoms with Crippen LogP contribution in [0.1, 0.15) is 30.8 Å². The number of hydrogen-bond donors (Lipinski definition) is 1. The fraction of sp³-hybridized carbons (Fsp3) is 0.333. The maximum atomic E-state index is 10.5. The number of rotatable bonds is 7. The summed E-state index contributed by atoms with van der Waals surface area (Å²) in [4.78, 5) is 0. The SMILES string of the molecule is C[C@H](OCc1ccc2ccccc2c1)[C@@H](O)C[C@@H]1COC(c2ccccc2)O1. The van der Waals surface area contributed by atoms with Crippen molar-refractivity contribution in [2.24, 2.45) is 0 Å². The van der Waals surface area contributed by atoms with Crippen molar-refractivity contribution >= 4 is 10.8 Å². The molecular weight excluding hydrogens is 352 g/mol. The third-order valence-electron chi connectivity index (χ3n) is 5.19. The summed E-state index contributed by atoms with van der Waals surface area (Å²) in [6.07, 6.45) is -0.893. The highest BCUT2D eigenvalue weighted by atomic mass is 16.7. The molecule has 0 aromatic heterocycles. The Kier molecular flexibility index (Phi) is 6.03. The minimum Gasteiger partial charge on any atom is -0.390 e. The topological polar surface area (TPSA) is 47.9 Å². The molecule has 0 bridgehead atoms. The molecular formula is C24H26O4. The van der Waals surface area contributed by atoms with Gasteiger partial charge in [-0.25, -0.2) is 0 Å². The first kappa shape index (κ1) is 19.1. The zero-order valence-electron chi connectivity index (χ0n) is 16.0. The zero-order valence-corrected chi connectivity index (χ0v) is 16.0. The quantitative estimate of drug-likeness (QED) is 0.652. The third-order valence-corrected chi connectivity index (χ3v) is 5.19. The second-order valence-corrected chi connectivity index (χ2v) is 7.33. The van der Waals surface area contributed by atoms with Gasteiger partial charge in [-0.1, -0.05) is 66.7 Å². The van der Waals surface area contributed by atoms with Gasteiger partial charge in [-0.15, -0.1) is 0 Å². The van der Waals surface area contributed by atoms with Crippen LogP contribution in [0.2, 0.25) is 0 Å². The van der Waals surface area contributed by atoms with Gasteiger partial charge < -0.3 is 19.3 Å². The molecule has 4 rings (SSSR count). The van der Waals surface area contributed by atoms with E-state index in [4.69, 9.17) is 14.2 Å². The van der Waals surface area contributed by atoms with Crippen LogP contribution in [0.25, 0.3) is 10.8 Å². The Balaban J connectivity index is 1.27. The second kappa shape index (κ2) is 8.84. The Labute approximate surface area is 165 Å². The summed E-state index contributed by atoms with van der Waals surface area (Å²) in [5.41, 5.74) is 2.10. The summed E-state index contributed by atoms with van der Waals surface area (Å²) in [6, 6.07) is 24.4. The van der Waals surface area contributed by atoms with E-state index in [2.05, 4.69) is 30.3 Å². The fourth-order valence-corrected chi connectivity index (χ4v) is 3.48. The first-order valence-corrected chi connectivity index (χ1v) is 9.78. The largest absolute Gasteiger partial charge is 0.390 e. The van der Waals surface area contributed by atoms with E-state index in [1.165, 1.54) is 10.8 Å². The van der Waals surface area contributed by atoms with Gasteiger partial charge in [0.1, 0.15) is 0 Å². The minimum atomic E-state index is -0.608. The van der Waals surface area contributed by atoms with Gasteiger partial charge in [-0.3, -0.25) is 0 Å². The summed E-state index contributed by atoms with van der Waals surface area (Å²) >= 11 is 0. The van der Waals surface area contributed by atoms with E-state index in [-0.39, 0.29) is 18.5 Å². The highest BCUT2D eigenvalue weighted by Crippen LogP contribution is 2.29. The minimum absolute atomic E-state index is 0.132. The van der Waals surface area contributed by atoms with E-state index in [0.717, 1.165) is 11.1 Å². The van der Waals surface area contributed by atoms with E-state index in [9.17, 15) is 5.11 Å². The molecule has 1 unspecified atom stereocenters. The molecule has 1 heterocycles. The average Bonchev–Trinajstić information content (AvgIpc) is 3.21. The van der Waals surface area contributed by atoms with E-state index in [1.807, 2.05) is 49.4 Å². The van der Waals surface area contributed by atoms with Crippen LogP contribution >= 0.6 is 0 Å². The van der Waals surface area contributed by atoms with Crippen molar-refractivity contribution in [2.45, 2.75) is 44.6 Å². The molecule has 4 nitrogen and oxygen atoms in total. The van der Waals surface area contributed by atoms with Crippen molar-refractivity contribution in [3.63, 3.8) is 0 Å². The van der Waals surface area contributed by atoms with Gasteiger partial charge >= 0.3 is 0 Å². The van der Waals surface area contributed by atoms with E-state index in [1.54, 1.807) is 0 Å². The Morgan fingerprint density at radius 3 is 2.57 bits per heavy atom. The van der Waals surface area contributed by atoms with Crippen molar-refractivity contribution in [1.29, 1.82) is 0 Å². The molecule has 3 aromatic rings. The van der Waals surface area contributed by atoms with Gasteiger partial charge in [0, 0.05) is 12.0 Å². The van der Waals surface area contributed by atoms with Crippen LogP contribution in [0, 0.1) is 0 Å². The van der Waals surface area contributed by atoms with Crippen LogP contribution in [0.5, 0.6) is 0 Å². The van der Waals surface area contributed by atoms with Gasteiger partial charge in [0.2, 0.25) is 0 Å². The molecule has 3 aromatic carbocycles. The summed E-state index contributed by atoms with van der Waals surface area (Å²) in [5.74, 6) is 0. The number of aliphatic hydroxyl groups excluding tert-OH is 1. The first-order chi connectivity index (χ1) is 13.7. The molecule has 0 aliphatic carbocycles. The van der Waals surface area contributed by atoms with Crippen molar-refractivity contribution in [3.8, 4) is 0 Å². The van der Waals surface area contributed by atoms with E-state index >= 15 is 0 Å². The highest BCUT2D eigenvalue weighted by molar-refractivity contribution is 5.82. The second-order valence-electron chi connectivity index (χ2n) is 7.33. The summed E-state index contributed by atoms with van der Waals surface area (Å²) in [7, 11) is 0. The highest BCUT2D eigenvalue weighted by Gasteiger charge is 2.30. The van der Waals surface area contributed by atoms with Gasteiger partial charge in [-0.05, 0) is 29.3 Å². The summed E-state index contributed by atoms with van der Waals surface area (Å²) < 4.78 is 17.6. The molecule has 0 radical (unpaired) electrons. The Morgan fingerprint density at radius 2 is 1.75 bits per heavy atom. The molecule has 4 heteroatoms. The summed E-state index contributed by atoms with van der Waals surface area (Å²) in [6.45, 7) is 2.85. The maximum Gasteiger partial charge on any atom is 0.184 e. The number of benzene rings is 3. The molecule has 1 aliphatic rings.